The van der Waals surface area contributed by atoms with Gasteiger partial charge >= 0.3 is 0 Å². The molecule has 6 heteroatoms. The van der Waals surface area contributed by atoms with Crippen LogP contribution < -0.4 is 11.1 Å². The van der Waals surface area contributed by atoms with Crippen LogP contribution in [0.15, 0.2) is 60.8 Å². The van der Waals surface area contributed by atoms with Crippen LogP contribution in [-0.2, 0) is 11.2 Å². The first-order valence-electron chi connectivity index (χ1n) is 11.0. The molecule has 1 saturated carbocycles. The van der Waals surface area contributed by atoms with Gasteiger partial charge in [-0.3, -0.25) is 4.79 Å². The second-order valence-corrected chi connectivity index (χ2v) is 8.44. The lowest BCUT2D eigenvalue weighted by molar-refractivity contribution is -0.127. The van der Waals surface area contributed by atoms with Crippen LogP contribution in [-0.4, -0.2) is 27.5 Å². The lowest BCUT2D eigenvalue weighted by Gasteiger charge is -2.28. The first-order valence-corrected chi connectivity index (χ1v) is 11.0. The average Bonchev–Trinajstić information content (AvgIpc) is 3.30. The minimum absolute atomic E-state index is 0.0292. The fourth-order valence-electron chi connectivity index (χ4n) is 4.35. The third-order valence-electron chi connectivity index (χ3n) is 6.23. The second-order valence-electron chi connectivity index (χ2n) is 8.44. The zero-order valence-electron chi connectivity index (χ0n) is 17.6. The molecule has 0 saturated heterocycles. The first kappa shape index (κ1) is 21.1. The number of rotatable bonds is 7. The molecule has 31 heavy (non-hydrogen) atoms. The fourth-order valence-corrected chi connectivity index (χ4v) is 4.35. The van der Waals surface area contributed by atoms with Gasteiger partial charge in [0, 0.05) is 11.5 Å². The van der Waals surface area contributed by atoms with Crippen molar-refractivity contribution in [3.63, 3.8) is 0 Å². The van der Waals surface area contributed by atoms with Crippen molar-refractivity contribution in [2.24, 2.45) is 17.6 Å². The lowest BCUT2D eigenvalue weighted by atomic mass is 9.81. The Morgan fingerprint density at radius 2 is 1.90 bits per heavy atom. The summed E-state index contributed by atoms with van der Waals surface area (Å²) in [5, 5.41) is 13.0. The molecule has 1 aliphatic carbocycles. The van der Waals surface area contributed by atoms with Crippen LogP contribution in [0, 0.1) is 11.8 Å². The van der Waals surface area contributed by atoms with Crippen LogP contribution in [0.4, 0.5) is 0 Å². The molecule has 5 N–H and O–H groups in total. The summed E-state index contributed by atoms with van der Waals surface area (Å²) in [6, 6.07) is 16.9. The Bertz CT molecular complexity index is 994. The highest BCUT2D eigenvalue weighted by Crippen LogP contribution is 2.29. The molecule has 162 valence electrons. The molecule has 1 amide bonds. The number of nitrogens with zero attached hydrogens (tertiary/aromatic N) is 1. The maximum Gasteiger partial charge on any atom is 0.223 e. The molecule has 1 aromatic heterocycles. The molecule has 1 aliphatic rings. The van der Waals surface area contributed by atoms with Crippen LogP contribution in [0.5, 0.6) is 5.75 Å². The molecule has 0 spiro atoms. The van der Waals surface area contributed by atoms with Gasteiger partial charge in [-0.15, -0.1) is 0 Å². The van der Waals surface area contributed by atoms with Crippen molar-refractivity contribution in [1.82, 2.24) is 15.3 Å². The molecule has 6 nitrogen and oxygen atoms in total. The third-order valence-corrected chi connectivity index (χ3v) is 6.23. The zero-order chi connectivity index (χ0) is 21.6. The number of phenols is 1. The van der Waals surface area contributed by atoms with E-state index in [1.807, 2.05) is 24.3 Å². The van der Waals surface area contributed by atoms with E-state index < -0.39 is 0 Å². The Morgan fingerprint density at radius 3 is 2.61 bits per heavy atom. The molecule has 0 bridgehead atoms. The lowest BCUT2D eigenvalue weighted by Crippen LogP contribution is -2.37. The van der Waals surface area contributed by atoms with E-state index in [2.05, 4.69) is 27.4 Å². The SMILES string of the molecule is NCC1CCC(C(=O)N[C@@H](Cc2ccccc2)c2ncc(-c3cccc(O)c3)[nH]2)CC1. The quantitative estimate of drug-likeness (QED) is 0.466. The van der Waals surface area contributed by atoms with Gasteiger partial charge in [0.05, 0.1) is 17.9 Å². The van der Waals surface area contributed by atoms with Gasteiger partial charge in [0.15, 0.2) is 0 Å². The van der Waals surface area contributed by atoms with Crippen LogP contribution in [0.3, 0.4) is 0 Å². The van der Waals surface area contributed by atoms with Crippen LogP contribution in [0.2, 0.25) is 0 Å². The summed E-state index contributed by atoms with van der Waals surface area (Å²) in [5.41, 5.74) is 8.59. The first-order chi connectivity index (χ1) is 15.1. The number of carbonyl (C=O) groups excluding carboxylic acids is 1. The van der Waals surface area contributed by atoms with Crippen LogP contribution >= 0.6 is 0 Å². The molecule has 4 rings (SSSR count). The number of nitrogens with one attached hydrogen (secondary N) is 2. The molecule has 1 atom stereocenters. The number of aromatic nitrogens is 2. The second kappa shape index (κ2) is 9.79. The van der Waals surface area contributed by atoms with E-state index >= 15 is 0 Å². The molecular formula is C25H30N4O2. The van der Waals surface area contributed by atoms with Gasteiger partial charge in [0.2, 0.25) is 5.91 Å². The van der Waals surface area contributed by atoms with Gasteiger partial charge in [0.1, 0.15) is 11.6 Å². The monoisotopic (exact) mass is 418 g/mol. The van der Waals surface area contributed by atoms with Crippen molar-refractivity contribution >= 4 is 5.91 Å². The molecule has 0 radical (unpaired) electrons. The number of aromatic amines is 1. The fraction of sp³-hybridized carbons (Fsp3) is 0.360. The van der Waals surface area contributed by atoms with Crippen molar-refractivity contribution in [2.45, 2.75) is 38.1 Å². The Morgan fingerprint density at radius 1 is 1.13 bits per heavy atom. The maximum absolute atomic E-state index is 13.1. The number of carbonyl (C=O) groups is 1. The predicted molar refractivity (Wildman–Crippen MR) is 121 cm³/mol. The number of nitrogens with two attached hydrogens (primary N) is 1. The molecule has 1 fully saturated rings. The highest BCUT2D eigenvalue weighted by Gasteiger charge is 2.28. The van der Waals surface area contributed by atoms with E-state index in [1.165, 1.54) is 0 Å². The van der Waals surface area contributed by atoms with E-state index in [-0.39, 0.29) is 23.6 Å². The Balaban J connectivity index is 1.53. The highest BCUT2D eigenvalue weighted by molar-refractivity contribution is 5.79. The van der Waals surface area contributed by atoms with Gasteiger partial charge in [0.25, 0.3) is 0 Å². The van der Waals surface area contributed by atoms with Gasteiger partial charge in [-0.1, -0.05) is 42.5 Å². The number of amides is 1. The van der Waals surface area contributed by atoms with Crippen molar-refractivity contribution in [3.05, 3.63) is 72.2 Å². The summed E-state index contributed by atoms with van der Waals surface area (Å²) in [4.78, 5) is 21.0. The predicted octanol–water partition coefficient (Wildman–Crippen LogP) is 3.95. The summed E-state index contributed by atoms with van der Waals surface area (Å²) in [5.74, 6) is 1.58. The standard InChI is InChI=1S/C25H30N4O2/c26-15-18-9-11-19(12-10-18)25(31)29-22(13-17-5-2-1-3-6-17)24-27-16-23(28-24)20-7-4-8-21(30)14-20/h1-8,14,16,18-19,22,30H,9-13,15,26H2,(H,27,28)(H,29,31)/t18?,19?,22-/m0/s1. The van der Waals surface area contributed by atoms with Gasteiger partial charge in [-0.05, 0) is 62.3 Å². The van der Waals surface area contributed by atoms with Crippen LogP contribution in [0.1, 0.15) is 43.1 Å². The van der Waals surface area contributed by atoms with Crippen molar-refractivity contribution in [2.75, 3.05) is 6.54 Å². The van der Waals surface area contributed by atoms with Crippen molar-refractivity contribution in [1.29, 1.82) is 0 Å². The smallest absolute Gasteiger partial charge is 0.223 e. The summed E-state index contributed by atoms with van der Waals surface area (Å²) >= 11 is 0. The molecule has 0 aliphatic heterocycles. The normalized spacial score (nSPS) is 19.6. The van der Waals surface area contributed by atoms with Crippen molar-refractivity contribution < 1.29 is 9.90 Å². The molecule has 0 unspecified atom stereocenters. The zero-order valence-corrected chi connectivity index (χ0v) is 17.6. The van der Waals surface area contributed by atoms with Gasteiger partial charge < -0.3 is 21.1 Å². The molecule has 1 heterocycles. The minimum Gasteiger partial charge on any atom is -0.508 e. The third kappa shape index (κ3) is 5.33. The van der Waals surface area contributed by atoms with E-state index in [0.717, 1.165) is 42.5 Å². The Hall–Kier alpha value is -3.12. The molecule has 2 aromatic carbocycles. The number of imidazole rings is 1. The number of benzene rings is 2. The summed E-state index contributed by atoms with van der Waals surface area (Å²) in [6.07, 6.45) is 6.20. The van der Waals surface area contributed by atoms with Crippen molar-refractivity contribution in [3.8, 4) is 17.0 Å². The van der Waals surface area contributed by atoms with Gasteiger partial charge in [-0.25, -0.2) is 4.98 Å². The summed E-state index contributed by atoms with van der Waals surface area (Å²) in [7, 11) is 0. The summed E-state index contributed by atoms with van der Waals surface area (Å²) < 4.78 is 0. The molecule has 3 aromatic rings. The summed E-state index contributed by atoms with van der Waals surface area (Å²) in [6.45, 7) is 0.704. The average molecular weight is 419 g/mol. The van der Waals surface area contributed by atoms with E-state index in [1.54, 1.807) is 24.4 Å². The molecular weight excluding hydrogens is 388 g/mol. The number of hydrogen-bond donors (Lipinski definition) is 4. The topological polar surface area (TPSA) is 104 Å². The van der Waals surface area contributed by atoms with E-state index in [9.17, 15) is 9.90 Å². The maximum atomic E-state index is 13.1. The number of H-pyrrole nitrogens is 1. The minimum atomic E-state index is -0.256. The number of phenolic OH excluding ortho intramolecular Hbond substituents is 1. The van der Waals surface area contributed by atoms with Crippen LogP contribution in [0.25, 0.3) is 11.3 Å². The van der Waals surface area contributed by atoms with E-state index in [0.29, 0.717) is 24.7 Å². The Kier molecular flexibility index (Phi) is 6.67. The Labute approximate surface area is 182 Å². The van der Waals surface area contributed by atoms with E-state index in [4.69, 9.17) is 5.73 Å². The largest absolute Gasteiger partial charge is 0.508 e. The highest BCUT2D eigenvalue weighted by atomic mass is 16.3. The number of hydrogen-bond acceptors (Lipinski definition) is 4. The van der Waals surface area contributed by atoms with Gasteiger partial charge in [-0.2, -0.15) is 0 Å². The number of aromatic hydroxyl groups is 1.